The Balaban J connectivity index is 1.67. The average molecular weight is 488 g/mol. The van der Waals surface area contributed by atoms with Crippen molar-refractivity contribution < 1.29 is 13.5 Å². The van der Waals surface area contributed by atoms with Gasteiger partial charge in [-0.3, -0.25) is 4.68 Å². The van der Waals surface area contributed by atoms with Crippen LogP contribution in [0.25, 0.3) is 10.9 Å². The normalized spacial score (nSPS) is 11.7. The van der Waals surface area contributed by atoms with E-state index in [1.807, 2.05) is 18.2 Å². The van der Waals surface area contributed by atoms with E-state index in [1.54, 1.807) is 42.7 Å². The fraction of sp³-hybridized carbons (Fsp3) is 0.190. The molecule has 12 heteroatoms. The maximum absolute atomic E-state index is 11.8. The molecule has 0 amide bonds. The van der Waals surface area contributed by atoms with Crippen molar-refractivity contribution in [2.45, 2.75) is 18.4 Å². The summed E-state index contributed by atoms with van der Waals surface area (Å²) in [5, 5.41) is 23.5. The SMILES string of the molecule is Cc1ccc(Nc2ncc(Cl)c(N(C)c3ccc4c(CO)n(C)nc4c3)n2)cc1S(N)(=O)=O. The summed E-state index contributed by atoms with van der Waals surface area (Å²) >= 11 is 6.38. The fourth-order valence-electron chi connectivity index (χ4n) is 3.53. The van der Waals surface area contributed by atoms with Gasteiger partial charge in [0, 0.05) is 30.9 Å². The van der Waals surface area contributed by atoms with Crippen LogP contribution in [0.3, 0.4) is 0 Å². The van der Waals surface area contributed by atoms with Gasteiger partial charge in [-0.05, 0) is 42.8 Å². The van der Waals surface area contributed by atoms with E-state index in [0.29, 0.717) is 22.1 Å². The highest BCUT2D eigenvalue weighted by molar-refractivity contribution is 7.89. The number of anilines is 4. The zero-order valence-corrected chi connectivity index (χ0v) is 19.7. The Morgan fingerprint density at radius 1 is 1.24 bits per heavy atom. The largest absolute Gasteiger partial charge is 0.390 e. The Labute approximate surface area is 195 Å². The van der Waals surface area contributed by atoms with Crippen LogP contribution in [0.4, 0.5) is 23.1 Å². The average Bonchev–Trinajstić information content (AvgIpc) is 3.09. The van der Waals surface area contributed by atoms with Crippen molar-refractivity contribution >= 4 is 55.7 Å². The molecule has 0 unspecified atom stereocenters. The number of hydrogen-bond donors (Lipinski definition) is 3. The van der Waals surface area contributed by atoms with Gasteiger partial charge in [0.2, 0.25) is 16.0 Å². The van der Waals surface area contributed by atoms with Crippen molar-refractivity contribution in [3.8, 4) is 0 Å². The van der Waals surface area contributed by atoms with E-state index in [9.17, 15) is 13.5 Å². The lowest BCUT2D eigenvalue weighted by Gasteiger charge is -2.20. The lowest BCUT2D eigenvalue weighted by molar-refractivity contribution is 0.272. The summed E-state index contributed by atoms with van der Waals surface area (Å²) in [6.07, 6.45) is 1.46. The highest BCUT2D eigenvalue weighted by Gasteiger charge is 2.16. The van der Waals surface area contributed by atoms with Crippen molar-refractivity contribution in [1.29, 1.82) is 0 Å². The monoisotopic (exact) mass is 487 g/mol. The first kappa shape index (κ1) is 22.9. The number of benzene rings is 2. The quantitative estimate of drug-likeness (QED) is 0.377. The lowest BCUT2D eigenvalue weighted by atomic mass is 10.2. The van der Waals surface area contributed by atoms with E-state index in [-0.39, 0.29) is 17.5 Å². The molecule has 0 saturated heterocycles. The number of fused-ring (bicyclic) bond motifs is 1. The summed E-state index contributed by atoms with van der Waals surface area (Å²) in [5.74, 6) is 0.664. The lowest BCUT2D eigenvalue weighted by Crippen LogP contribution is -2.14. The van der Waals surface area contributed by atoms with Crippen LogP contribution < -0.4 is 15.4 Å². The minimum Gasteiger partial charge on any atom is -0.390 e. The first-order chi connectivity index (χ1) is 15.6. The number of halogens is 1. The van der Waals surface area contributed by atoms with Gasteiger partial charge in [-0.2, -0.15) is 10.1 Å². The molecule has 10 nitrogen and oxygen atoms in total. The van der Waals surface area contributed by atoms with Crippen molar-refractivity contribution in [3.05, 3.63) is 58.9 Å². The fourth-order valence-corrected chi connectivity index (χ4v) is 4.55. The highest BCUT2D eigenvalue weighted by atomic mass is 35.5. The first-order valence-electron chi connectivity index (χ1n) is 9.81. The van der Waals surface area contributed by atoms with Gasteiger partial charge in [-0.15, -0.1) is 0 Å². The molecule has 0 aliphatic rings. The predicted octanol–water partition coefficient (Wildman–Crippen LogP) is 2.98. The second kappa shape index (κ2) is 8.60. The number of nitrogens with two attached hydrogens (primary N) is 1. The van der Waals surface area contributed by atoms with Gasteiger partial charge in [0.25, 0.3) is 0 Å². The van der Waals surface area contributed by atoms with Gasteiger partial charge in [-0.1, -0.05) is 17.7 Å². The standard InChI is InChI=1S/C21H22ClN7O3S/c1-12-4-5-13(8-19(12)33(23,31)32)25-21-24-10-16(22)20(26-21)28(2)14-6-7-15-17(9-14)27-29(3)18(15)11-30/h4-10,30H,11H2,1-3H3,(H2,23,31,32)(H,24,25,26). The van der Waals surface area contributed by atoms with Crippen LogP contribution in [-0.4, -0.2) is 40.3 Å². The number of nitrogens with zero attached hydrogens (tertiary/aromatic N) is 5. The first-order valence-corrected chi connectivity index (χ1v) is 11.7. The van der Waals surface area contributed by atoms with Gasteiger partial charge in [-0.25, -0.2) is 18.5 Å². The van der Waals surface area contributed by atoms with Crippen LogP contribution in [0, 0.1) is 6.92 Å². The third-order valence-corrected chi connectivity index (χ3v) is 6.59. The van der Waals surface area contributed by atoms with Crippen LogP contribution in [0.15, 0.2) is 47.5 Å². The van der Waals surface area contributed by atoms with Crippen LogP contribution in [0.1, 0.15) is 11.3 Å². The molecule has 0 atom stereocenters. The molecule has 4 N–H and O–H groups in total. The summed E-state index contributed by atoms with van der Waals surface area (Å²) in [7, 11) is -0.284. The van der Waals surface area contributed by atoms with Crippen LogP contribution >= 0.6 is 11.6 Å². The Morgan fingerprint density at radius 3 is 2.70 bits per heavy atom. The molecule has 0 fully saturated rings. The third-order valence-electron chi connectivity index (χ3n) is 5.27. The van der Waals surface area contributed by atoms with E-state index >= 15 is 0 Å². The van der Waals surface area contributed by atoms with Crippen LogP contribution in [-0.2, 0) is 23.7 Å². The number of aliphatic hydroxyl groups is 1. The minimum absolute atomic E-state index is 0.0183. The van der Waals surface area contributed by atoms with E-state index in [2.05, 4.69) is 20.4 Å². The van der Waals surface area contributed by atoms with Crippen LogP contribution in [0.5, 0.6) is 0 Å². The van der Waals surface area contributed by atoms with Gasteiger partial charge >= 0.3 is 0 Å². The second-order valence-electron chi connectivity index (χ2n) is 7.50. The molecule has 0 radical (unpaired) electrons. The molecule has 0 aliphatic carbocycles. The Bertz CT molecular complexity index is 1470. The second-order valence-corrected chi connectivity index (χ2v) is 9.44. The maximum Gasteiger partial charge on any atom is 0.238 e. The van der Waals surface area contributed by atoms with E-state index in [1.165, 1.54) is 12.3 Å². The molecule has 0 saturated carbocycles. The molecular formula is C21H22ClN7O3S. The van der Waals surface area contributed by atoms with Crippen molar-refractivity contribution in [3.63, 3.8) is 0 Å². The summed E-state index contributed by atoms with van der Waals surface area (Å²) in [6.45, 7) is 1.55. The number of aromatic nitrogens is 4. The summed E-state index contributed by atoms with van der Waals surface area (Å²) < 4.78 is 25.3. The van der Waals surface area contributed by atoms with Gasteiger partial charge in [0.1, 0.15) is 5.02 Å². The van der Waals surface area contributed by atoms with Crippen LogP contribution in [0.2, 0.25) is 5.02 Å². The van der Waals surface area contributed by atoms with E-state index in [0.717, 1.165) is 22.3 Å². The molecule has 2 aromatic heterocycles. The molecule has 4 rings (SSSR count). The van der Waals surface area contributed by atoms with Gasteiger partial charge in [0.05, 0.1) is 28.9 Å². The van der Waals surface area contributed by atoms with E-state index in [4.69, 9.17) is 16.7 Å². The zero-order chi connectivity index (χ0) is 23.9. The molecule has 33 heavy (non-hydrogen) atoms. The summed E-state index contributed by atoms with van der Waals surface area (Å²) in [4.78, 5) is 10.5. The summed E-state index contributed by atoms with van der Waals surface area (Å²) in [6, 6.07) is 10.4. The predicted molar refractivity (Wildman–Crippen MR) is 128 cm³/mol. The highest BCUT2D eigenvalue weighted by Crippen LogP contribution is 2.32. The molecule has 0 bridgehead atoms. The molecular weight excluding hydrogens is 466 g/mol. The number of primary sulfonamides is 1. The maximum atomic E-state index is 11.8. The molecule has 4 aromatic rings. The minimum atomic E-state index is -3.87. The van der Waals surface area contributed by atoms with Gasteiger partial charge in [0.15, 0.2) is 5.82 Å². The number of aliphatic hydroxyl groups excluding tert-OH is 1. The number of hydrogen-bond acceptors (Lipinski definition) is 8. The molecule has 0 aliphatic heterocycles. The molecule has 2 aromatic carbocycles. The summed E-state index contributed by atoms with van der Waals surface area (Å²) in [5.41, 5.74) is 3.23. The Kier molecular flexibility index (Phi) is 5.97. The van der Waals surface area contributed by atoms with Gasteiger partial charge < -0.3 is 15.3 Å². The van der Waals surface area contributed by atoms with Crippen molar-refractivity contribution in [2.75, 3.05) is 17.3 Å². The number of nitrogens with one attached hydrogen (secondary N) is 1. The third kappa shape index (κ3) is 4.48. The Hall–Kier alpha value is -3.25. The number of aryl methyl sites for hydroxylation is 2. The number of rotatable bonds is 6. The smallest absolute Gasteiger partial charge is 0.238 e. The molecule has 172 valence electrons. The zero-order valence-electron chi connectivity index (χ0n) is 18.1. The number of sulfonamides is 1. The molecule has 2 heterocycles. The van der Waals surface area contributed by atoms with E-state index < -0.39 is 10.0 Å². The van der Waals surface area contributed by atoms with Crippen molar-refractivity contribution in [1.82, 2.24) is 19.7 Å². The topological polar surface area (TPSA) is 139 Å². The molecule has 0 spiro atoms. The Morgan fingerprint density at radius 2 is 2.00 bits per heavy atom. The van der Waals surface area contributed by atoms with Crippen molar-refractivity contribution in [2.24, 2.45) is 12.2 Å².